The Balaban J connectivity index is 1.72. The fourth-order valence-electron chi connectivity index (χ4n) is 3.26. The van der Waals surface area contributed by atoms with Gasteiger partial charge in [-0.25, -0.2) is 0 Å². The molecule has 1 aliphatic rings. The van der Waals surface area contributed by atoms with Crippen molar-refractivity contribution in [1.82, 2.24) is 14.7 Å². The van der Waals surface area contributed by atoms with Crippen LogP contribution in [0.4, 0.5) is 5.82 Å². The van der Waals surface area contributed by atoms with Crippen LogP contribution >= 0.6 is 0 Å². The highest BCUT2D eigenvalue weighted by molar-refractivity contribution is 5.81. The summed E-state index contributed by atoms with van der Waals surface area (Å²) >= 11 is 0. The van der Waals surface area contributed by atoms with Gasteiger partial charge in [0.05, 0.1) is 26.8 Å². The molecule has 25 heavy (non-hydrogen) atoms. The van der Waals surface area contributed by atoms with Crippen molar-refractivity contribution < 1.29 is 14.3 Å². The summed E-state index contributed by atoms with van der Waals surface area (Å²) in [5.41, 5.74) is 1.02. The quantitative estimate of drug-likeness (QED) is 0.870. The van der Waals surface area contributed by atoms with E-state index in [1.165, 1.54) is 0 Å². The lowest BCUT2D eigenvalue weighted by molar-refractivity contribution is -0.130. The van der Waals surface area contributed by atoms with Crippen LogP contribution in [-0.4, -0.2) is 47.9 Å². The van der Waals surface area contributed by atoms with Gasteiger partial charge in [-0.2, -0.15) is 5.10 Å². The lowest BCUT2D eigenvalue weighted by Crippen LogP contribution is -2.35. The first-order valence-corrected chi connectivity index (χ1v) is 8.37. The number of hydrogen-bond acceptors (Lipinski definition) is 5. The molecule has 1 fully saturated rings. The zero-order valence-corrected chi connectivity index (χ0v) is 14.9. The van der Waals surface area contributed by atoms with Crippen LogP contribution in [0.1, 0.15) is 24.4 Å². The molecule has 134 valence electrons. The number of likely N-dealkylation sites (tertiary alicyclic amines) is 1. The Morgan fingerprint density at radius 2 is 2.16 bits per heavy atom. The molecule has 0 radical (unpaired) electrons. The molecule has 2 aromatic rings. The summed E-state index contributed by atoms with van der Waals surface area (Å²) in [5, 5.41) is 7.32. The summed E-state index contributed by atoms with van der Waals surface area (Å²) in [6.45, 7) is 0.981. The summed E-state index contributed by atoms with van der Waals surface area (Å²) in [4.78, 5) is 14.6. The van der Waals surface area contributed by atoms with Crippen molar-refractivity contribution in [3.63, 3.8) is 0 Å². The second-order valence-corrected chi connectivity index (χ2v) is 6.08. The predicted octanol–water partition coefficient (Wildman–Crippen LogP) is 2.21. The maximum absolute atomic E-state index is 12.7. The average molecular weight is 344 g/mol. The van der Waals surface area contributed by atoms with Gasteiger partial charge in [-0.05, 0) is 25.0 Å². The van der Waals surface area contributed by atoms with Crippen LogP contribution in [0.2, 0.25) is 0 Å². The smallest absolute Gasteiger partial charge is 0.242 e. The van der Waals surface area contributed by atoms with Crippen LogP contribution in [0.5, 0.6) is 11.5 Å². The zero-order valence-electron chi connectivity index (χ0n) is 14.9. The first kappa shape index (κ1) is 17.1. The average Bonchev–Trinajstić information content (AvgIpc) is 3.28. The summed E-state index contributed by atoms with van der Waals surface area (Å²) in [7, 11) is 5.12. The molecule has 1 saturated heterocycles. The molecular formula is C18H24N4O3. The van der Waals surface area contributed by atoms with E-state index in [1.54, 1.807) is 18.9 Å². The van der Waals surface area contributed by atoms with Gasteiger partial charge in [0, 0.05) is 37.5 Å². The highest BCUT2D eigenvalue weighted by Gasteiger charge is 2.31. The van der Waals surface area contributed by atoms with E-state index in [-0.39, 0.29) is 18.5 Å². The molecule has 0 bridgehead atoms. The van der Waals surface area contributed by atoms with E-state index in [4.69, 9.17) is 9.47 Å². The number of aromatic nitrogens is 2. The first-order chi connectivity index (χ1) is 12.1. The molecule has 1 aromatic heterocycles. The number of carbonyl (C=O) groups is 1. The number of amides is 1. The minimum atomic E-state index is 0.0267. The van der Waals surface area contributed by atoms with Crippen LogP contribution in [0.3, 0.4) is 0 Å². The van der Waals surface area contributed by atoms with E-state index in [0.29, 0.717) is 5.82 Å². The molecule has 0 spiro atoms. The van der Waals surface area contributed by atoms with Gasteiger partial charge in [-0.3, -0.25) is 9.48 Å². The van der Waals surface area contributed by atoms with Crippen molar-refractivity contribution in [2.75, 3.05) is 32.6 Å². The SMILES string of the molecule is COc1ccc(C2CCCN2C(=O)CNc2ccn(C)n2)c(OC)c1. The number of methoxy groups -OCH3 is 2. The van der Waals surface area contributed by atoms with E-state index in [0.717, 1.165) is 36.4 Å². The zero-order chi connectivity index (χ0) is 17.8. The summed E-state index contributed by atoms with van der Waals surface area (Å²) in [6, 6.07) is 7.63. The first-order valence-electron chi connectivity index (χ1n) is 8.37. The molecule has 1 aliphatic heterocycles. The molecular weight excluding hydrogens is 320 g/mol. The molecule has 7 nitrogen and oxygen atoms in total. The number of nitrogens with zero attached hydrogens (tertiary/aromatic N) is 3. The fourth-order valence-corrected chi connectivity index (χ4v) is 3.26. The van der Waals surface area contributed by atoms with Gasteiger partial charge < -0.3 is 19.7 Å². The molecule has 3 rings (SSSR count). The summed E-state index contributed by atoms with van der Waals surface area (Å²) in [6.07, 6.45) is 3.75. The van der Waals surface area contributed by atoms with Gasteiger partial charge in [-0.15, -0.1) is 0 Å². The van der Waals surface area contributed by atoms with Crippen LogP contribution in [0, 0.1) is 0 Å². The van der Waals surface area contributed by atoms with E-state index < -0.39 is 0 Å². The molecule has 1 aromatic carbocycles. The van der Waals surface area contributed by atoms with Crippen LogP contribution in [0.15, 0.2) is 30.5 Å². The maximum atomic E-state index is 12.7. The van der Waals surface area contributed by atoms with Crippen molar-refractivity contribution in [2.24, 2.45) is 7.05 Å². The fraction of sp³-hybridized carbons (Fsp3) is 0.444. The molecule has 1 atom stereocenters. The molecule has 2 heterocycles. The van der Waals surface area contributed by atoms with E-state index in [9.17, 15) is 4.79 Å². The molecule has 1 unspecified atom stereocenters. The topological polar surface area (TPSA) is 68.6 Å². The van der Waals surface area contributed by atoms with Crippen LogP contribution in [-0.2, 0) is 11.8 Å². The van der Waals surface area contributed by atoms with Crippen LogP contribution in [0.25, 0.3) is 0 Å². The standard InChI is InChI=1S/C18H24N4O3/c1-21-10-8-17(20-21)19-12-18(23)22-9-4-5-15(22)14-7-6-13(24-2)11-16(14)25-3/h6-8,10-11,15H,4-5,9,12H2,1-3H3,(H,19,20). The molecule has 0 aliphatic carbocycles. The van der Waals surface area contributed by atoms with Crippen molar-refractivity contribution in [3.8, 4) is 11.5 Å². The second kappa shape index (κ2) is 7.46. The van der Waals surface area contributed by atoms with Crippen molar-refractivity contribution in [3.05, 3.63) is 36.0 Å². The monoisotopic (exact) mass is 344 g/mol. The normalized spacial score (nSPS) is 16.8. The lowest BCUT2D eigenvalue weighted by atomic mass is 10.0. The minimum Gasteiger partial charge on any atom is -0.497 e. The van der Waals surface area contributed by atoms with Gasteiger partial charge >= 0.3 is 0 Å². The Kier molecular flexibility index (Phi) is 5.11. The highest BCUT2D eigenvalue weighted by Crippen LogP contribution is 2.38. The third-order valence-electron chi connectivity index (χ3n) is 4.51. The second-order valence-electron chi connectivity index (χ2n) is 6.08. The largest absolute Gasteiger partial charge is 0.497 e. The Labute approximate surface area is 147 Å². The van der Waals surface area contributed by atoms with E-state index >= 15 is 0 Å². The van der Waals surface area contributed by atoms with Gasteiger partial charge in [0.15, 0.2) is 0 Å². The molecule has 0 saturated carbocycles. The highest BCUT2D eigenvalue weighted by atomic mass is 16.5. The summed E-state index contributed by atoms with van der Waals surface area (Å²) in [5.74, 6) is 2.26. The number of nitrogens with one attached hydrogen (secondary N) is 1. The predicted molar refractivity (Wildman–Crippen MR) is 94.9 cm³/mol. The summed E-state index contributed by atoms with van der Waals surface area (Å²) < 4.78 is 12.5. The van der Waals surface area contributed by atoms with Crippen molar-refractivity contribution in [1.29, 1.82) is 0 Å². The van der Waals surface area contributed by atoms with Gasteiger partial charge in [0.25, 0.3) is 0 Å². The Hall–Kier alpha value is -2.70. The molecule has 1 amide bonds. The number of aryl methyl sites for hydroxylation is 1. The van der Waals surface area contributed by atoms with Crippen molar-refractivity contribution >= 4 is 11.7 Å². The maximum Gasteiger partial charge on any atom is 0.242 e. The third-order valence-corrected chi connectivity index (χ3v) is 4.51. The number of benzene rings is 1. The number of hydrogen-bond donors (Lipinski definition) is 1. The molecule has 1 N–H and O–H groups in total. The third kappa shape index (κ3) is 3.70. The van der Waals surface area contributed by atoms with Gasteiger partial charge in [0.2, 0.25) is 5.91 Å². The minimum absolute atomic E-state index is 0.0267. The number of carbonyl (C=O) groups excluding carboxylic acids is 1. The lowest BCUT2D eigenvalue weighted by Gasteiger charge is -2.26. The van der Waals surface area contributed by atoms with E-state index in [2.05, 4.69) is 10.4 Å². The number of anilines is 1. The number of ether oxygens (including phenoxy) is 2. The van der Waals surface area contributed by atoms with Crippen LogP contribution < -0.4 is 14.8 Å². The Morgan fingerprint density at radius 1 is 1.32 bits per heavy atom. The van der Waals surface area contributed by atoms with Gasteiger partial charge in [0.1, 0.15) is 17.3 Å². The Bertz CT molecular complexity index is 744. The number of rotatable bonds is 6. The van der Waals surface area contributed by atoms with Gasteiger partial charge in [-0.1, -0.05) is 0 Å². The van der Waals surface area contributed by atoms with Crippen molar-refractivity contribution in [2.45, 2.75) is 18.9 Å². The Morgan fingerprint density at radius 3 is 2.84 bits per heavy atom. The van der Waals surface area contributed by atoms with E-state index in [1.807, 2.05) is 42.4 Å². The molecule has 7 heteroatoms.